The van der Waals surface area contributed by atoms with Crippen LogP contribution < -0.4 is 5.73 Å². The van der Waals surface area contributed by atoms with Crippen LogP contribution in [0.3, 0.4) is 0 Å². The average Bonchev–Trinajstić information content (AvgIpc) is 3.01. The molecular weight excluding hydrogens is 350 g/mol. The summed E-state index contributed by atoms with van der Waals surface area (Å²) in [5.74, 6) is -0.337. The van der Waals surface area contributed by atoms with Crippen LogP contribution in [0.4, 0.5) is 0 Å². The van der Waals surface area contributed by atoms with Gasteiger partial charge in [0, 0.05) is 10.4 Å². The Labute approximate surface area is 155 Å². The minimum atomic E-state index is -0.337. The summed E-state index contributed by atoms with van der Waals surface area (Å²) >= 11 is 3.10. The molecule has 2 N–H and O–H groups in total. The Morgan fingerprint density at radius 2 is 1.92 bits per heavy atom. The molecule has 0 saturated carbocycles. The maximum Gasteiger partial charge on any atom is 0.230 e. The van der Waals surface area contributed by atoms with Crippen LogP contribution in [0.25, 0.3) is 21.3 Å². The Hall–Kier alpha value is -1.92. The van der Waals surface area contributed by atoms with Gasteiger partial charge in [-0.2, -0.15) is 0 Å². The molecule has 2 aromatic heterocycles. The first-order chi connectivity index (χ1) is 12.0. The standard InChI is InChI=1S/C19H21N3OS2/c1-4-12-6-8-13(9-7-12)15-14(5-2)25-19-16(15)18(21-10-22-19)24-11(3)17(20)23/h6-11H,4-5H2,1-3H3,(H2,20,23). The number of primary amides is 1. The van der Waals surface area contributed by atoms with Crippen LogP contribution in [0.15, 0.2) is 35.6 Å². The number of hydrogen-bond donors (Lipinski definition) is 1. The number of thioether (sulfide) groups is 1. The molecule has 0 aliphatic heterocycles. The first kappa shape index (κ1) is 17.9. The number of carbonyl (C=O) groups is 1. The molecular formula is C19H21N3OS2. The van der Waals surface area contributed by atoms with Crippen molar-refractivity contribution in [1.29, 1.82) is 0 Å². The quantitative estimate of drug-likeness (QED) is 0.513. The summed E-state index contributed by atoms with van der Waals surface area (Å²) in [7, 11) is 0. The van der Waals surface area contributed by atoms with Gasteiger partial charge in [0.05, 0.1) is 10.6 Å². The van der Waals surface area contributed by atoms with Crippen molar-refractivity contribution in [2.24, 2.45) is 5.73 Å². The smallest absolute Gasteiger partial charge is 0.230 e. The number of rotatable bonds is 6. The van der Waals surface area contributed by atoms with E-state index in [-0.39, 0.29) is 11.2 Å². The third-order valence-corrected chi connectivity index (χ3v) is 6.55. The molecule has 4 nitrogen and oxygen atoms in total. The summed E-state index contributed by atoms with van der Waals surface area (Å²) in [5.41, 5.74) is 9.11. The molecule has 1 aromatic carbocycles. The van der Waals surface area contributed by atoms with Crippen molar-refractivity contribution >= 4 is 39.2 Å². The Balaban J connectivity index is 2.19. The third-order valence-electron chi connectivity index (χ3n) is 4.19. The van der Waals surface area contributed by atoms with Crippen LogP contribution in [-0.4, -0.2) is 21.1 Å². The molecule has 130 valence electrons. The maximum absolute atomic E-state index is 11.5. The van der Waals surface area contributed by atoms with Gasteiger partial charge in [-0.1, -0.05) is 49.9 Å². The molecule has 2 heterocycles. The van der Waals surface area contributed by atoms with E-state index in [2.05, 4.69) is 48.1 Å². The molecule has 0 saturated heterocycles. The van der Waals surface area contributed by atoms with Gasteiger partial charge in [0.25, 0.3) is 0 Å². The predicted octanol–water partition coefficient (Wildman–Crippen LogP) is 4.45. The van der Waals surface area contributed by atoms with Gasteiger partial charge in [-0.3, -0.25) is 4.79 Å². The van der Waals surface area contributed by atoms with E-state index in [4.69, 9.17) is 5.73 Å². The number of hydrogen-bond acceptors (Lipinski definition) is 5. The van der Waals surface area contributed by atoms with E-state index in [1.807, 2.05) is 6.92 Å². The molecule has 0 radical (unpaired) electrons. The Morgan fingerprint density at radius 3 is 2.52 bits per heavy atom. The largest absolute Gasteiger partial charge is 0.369 e. The number of thiophene rings is 1. The summed E-state index contributed by atoms with van der Waals surface area (Å²) in [4.78, 5) is 22.6. The van der Waals surface area contributed by atoms with Gasteiger partial charge >= 0.3 is 0 Å². The van der Waals surface area contributed by atoms with E-state index < -0.39 is 0 Å². The molecule has 1 atom stereocenters. The molecule has 25 heavy (non-hydrogen) atoms. The second kappa shape index (κ2) is 7.54. The molecule has 3 rings (SSSR count). The Kier molecular flexibility index (Phi) is 5.39. The lowest BCUT2D eigenvalue weighted by Gasteiger charge is -2.10. The van der Waals surface area contributed by atoms with Crippen molar-refractivity contribution in [3.63, 3.8) is 0 Å². The first-order valence-corrected chi connectivity index (χ1v) is 10.1. The molecule has 6 heteroatoms. The Morgan fingerprint density at radius 1 is 1.20 bits per heavy atom. The summed E-state index contributed by atoms with van der Waals surface area (Å²) < 4.78 is 0. The lowest BCUT2D eigenvalue weighted by molar-refractivity contribution is -0.117. The van der Waals surface area contributed by atoms with E-state index in [0.29, 0.717) is 0 Å². The van der Waals surface area contributed by atoms with Crippen molar-refractivity contribution in [3.8, 4) is 11.1 Å². The zero-order valence-corrected chi connectivity index (χ0v) is 16.2. The van der Waals surface area contributed by atoms with Crippen molar-refractivity contribution in [2.75, 3.05) is 0 Å². The minimum Gasteiger partial charge on any atom is -0.369 e. The summed E-state index contributed by atoms with van der Waals surface area (Å²) in [6, 6.07) is 8.67. The SMILES string of the molecule is CCc1ccc(-c2c(CC)sc3ncnc(SC(C)C(N)=O)c23)cc1. The second-order valence-corrected chi connectivity index (χ2v) is 8.24. The van der Waals surface area contributed by atoms with Gasteiger partial charge in [-0.25, -0.2) is 9.97 Å². The first-order valence-electron chi connectivity index (χ1n) is 8.36. The zero-order chi connectivity index (χ0) is 18.0. The fourth-order valence-corrected chi connectivity index (χ4v) is 4.77. The van der Waals surface area contributed by atoms with Gasteiger partial charge in [-0.05, 0) is 30.9 Å². The molecule has 1 amide bonds. The fourth-order valence-electron chi connectivity index (χ4n) is 2.73. The highest BCUT2D eigenvalue weighted by Gasteiger charge is 2.21. The second-order valence-electron chi connectivity index (χ2n) is 5.83. The average molecular weight is 372 g/mol. The molecule has 3 aromatic rings. The van der Waals surface area contributed by atoms with Crippen molar-refractivity contribution in [2.45, 2.75) is 43.9 Å². The van der Waals surface area contributed by atoms with Gasteiger partial charge in [0.15, 0.2) is 0 Å². The Bertz CT molecular complexity index is 903. The fraction of sp³-hybridized carbons (Fsp3) is 0.316. The van der Waals surface area contributed by atoms with Crippen LogP contribution >= 0.6 is 23.1 Å². The number of carbonyl (C=O) groups excluding carboxylic acids is 1. The maximum atomic E-state index is 11.5. The molecule has 1 unspecified atom stereocenters. The highest BCUT2D eigenvalue weighted by molar-refractivity contribution is 8.00. The molecule has 0 fully saturated rings. The van der Waals surface area contributed by atoms with Crippen molar-refractivity contribution < 1.29 is 4.79 Å². The number of nitrogens with zero attached hydrogens (tertiary/aromatic N) is 2. The van der Waals surface area contributed by atoms with E-state index in [1.165, 1.54) is 33.3 Å². The molecule has 0 bridgehead atoms. The predicted molar refractivity (Wildman–Crippen MR) is 106 cm³/mol. The molecule has 0 spiro atoms. The van der Waals surface area contributed by atoms with Crippen molar-refractivity contribution in [1.82, 2.24) is 9.97 Å². The molecule has 0 aliphatic rings. The van der Waals surface area contributed by atoms with Crippen LogP contribution in [0, 0.1) is 0 Å². The zero-order valence-electron chi connectivity index (χ0n) is 14.6. The van der Waals surface area contributed by atoms with Gasteiger partial charge < -0.3 is 5.73 Å². The summed E-state index contributed by atoms with van der Waals surface area (Å²) in [5, 5.41) is 1.52. The van der Waals surface area contributed by atoms with E-state index in [1.54, 1.807) is 17.7 Å². The number of amides is 1. The van der Waals surface area contributed by atoms with E-state index in [9.17, 15) is 4.79 Å². The highest BCUT2D eigenvalue weighted by Crippen LogP contribution is 2.42. The van der Waals surface area contributed by atoms with E-state index >= 15 is 0 Å². The van der Waals surface area contributed by atoms with Crippen LogP contribution in [0.2, 0.25) is 0 Å². The van der Waals surface area contributed by atoms with E-state index in [0.717, 1.165) is 28.1 Å². The summed E-state index contributed by atoms with van der Waals surface area (Å²) in [6.45, 7) is 6.12. The lowest BCUT2D eigenvalue weighted by Crippen LogP contribution is -2.22. The van der Waals surface area contributed by atoms with Crippen LogP contribution in [0.1, 0.15) is 31.2 Å². The van der Waals surface area contributed by atoms with Gasteiger partial charge in [0.1, 0.15) is 16.2 Å². The van der Waals surface area contributed by atoms with Gasteiger partial charge in [0.2, 0.25) is 5.91 Å². The summed E-state index contributed by atoms with van der Waals surface area (Å²) in [6.07, 6.45) is 3.52. The molecule has 0 aliphatic carbocycles. The third kappa shape index (κ3) is 3.55. The van der Waals surface area contributed by atoms with Crippen LogP contribution in [-0.2, 0) is 17.6 Å². The normalized spacial score (nSPS) is 12.4. The topological polar surface area (TPSA) is 68.9 Å². The number of benzene rings is 1. The highest BCUT2D eigenvalue weighted by atomic mass is 32.2. The number of nitrogens with two attached hydrogens (primary N) is 1. The monoisotopic (exact) mass is 371 g/mol. The number of fused-ring (bicyclic) bond motifs is 1. The van der Waals surface area contributed by atoms with Crippen LogP contribution in [0.5, 0.6) is 0 Å². The van der Waals surface area contributed by atoms with Crippen molar-refractivity contribution in [3.05, 3.63) is 41.0 Å². The number of aromatic nitrogens is 2. The van der Waals surface area contributed by atoms with Gasteiger partial charge in [-0.15, -0.1) is 11.3 Å². The lowest BCUT2D eigenvalue weighted by atomic mass is 10.0. The minimum absolute atomic E-state index is 0.335. The number of aryl methyl sites for hydroxylation is 2.